The van der Waals surface area contributed by atoms with Crippen molar-refractivity contribution in [1.82, 2.24) is 10.2 Å². The standard InChI is InChI=1S/C22H22N2O4S2/c1-24-20(18-7-5-9-30-18)19(21(25)23-12-13-6-4-8-29-13)14-10-16(27-2)17(28-3)11-15(14)22(24)26/h4-11,19-20H,12H2,1-3H3,(H,23,25)/t19-,20+/m1/s1. The fraction of sp³-hybridized carbons (Fsp3) is 0.273. The molecule has 3 aromatic rings. The molecule has 2 aromatic heterocycles. The second-order valence-electron chi connectivity index (χ2n) is 6.95. The number of rotatable bonds is 6. The fourth-order valence-electron chi connectivity index (χ4n) is 3.84. The predicted molar refractivity (Wildman–Crippen MR) is 118 cm³/mol. The number of fused-ring (bicyclic) bond motifs is 1. The minimum atomic E-state index is -0.568. The van der Waals surface area contributed by atoms with Gasteiger partial charge in [0.05, 0.1) is 32.7 Å². The molecule has 0 radical (unpaired) electrons. The van der Waals surface area contributed by atoms with E-state index in [2.05, 4.69) is 5.32 Å². The quantitative estimate of drug-likeness (QED) is 0.625. The van der Waals surface area contributed by atoms with Gasteiger partial charge in [0.1, 0.15) is 0 Å². The SMILES string of the molecule is COc1cc2c(cc1OC)[C@@H](C(=O)NCc1cccs1)[C@H](c1cccs1)N(C)C2=O. The van der Waals surface area contributed by atoms with Gasteiger partial charge in [0.15, 0.2) is 11.5 Å². The van der Waals surface area contributed by atoms with Gasteiger partial charge in [-0.15, -0.1) is 22.7 Å². The molecule has 2 atom stereocenters. The molecule has 3 heterocycles. The number of methoxy groups -OCH3 is 2. The highest BCUT2D eigenvalue weighted by molar-refractivity contribution is 7.10. The van der Waals surface area contributed by atoms with Crippen molar-refractivity contribution < 1.29 is 19.1 Å². The predicted octanol–water partition coefficient (Wildman–Crippen LogP) is 4.05. The maximum absolute atomic E-state index is 13.5. The van der Waals surface area contributed by atoms with Crippen molar-refractivity contribution in [3.05, 3.63) is 68.0 Å². The summed E-state index contributed by atoms with van der Waals surface area (Å²) in [6.07, 6.45) is 0. The molecule has 8 heteroatoms. The molecule has 4 rings (SSSR count). The Bertz CT molecular complexity index is 1050. The van der Waals surface area contributed by atoms with Crippen LogP contribution in [0.25, 0.3) is 0 Å². The number of likely N-dealkylation sites (N-methyl/N-ethyl adjacent to an activating group) is 1. The van der Waals surface area contributed by atoms with Crippen molar-refractivity contribution in [3.63, 3.8) is 0 Å². The number of benzene rings is 1. The Balaban J connectivity index is 1.80. The molecule has 1 aliphatic heterocycles. The van der Waals surface area contributed by atoms with Gasteiger partial charge in [0.25, 0.3) is 5.91 Å². The van der Waals surface area contributed by atoms with Crippen LogP contribution in [-0.4, -0.2) is 38.0 Å². The molecule has 1 aliphatic rings. The smallest absolute Gasteiger partial charge is 0.254 e. The van der Waals surface area contributed by atoms with E-state index in [4.69, 9.17) is 9.47 Å². The van der Waals surface area contributed by atoms with E-state index in [9.17, 15) is 9.59 Å². The van der Waals surface area contributed by atoms with Crippen LogP contribution in [0.2, 0.25) is 0 Å². The molecule has 1 aromatic carbocycles. The summed E-state index contributed by atoms with van der Waals surface area (Å²) in [6, 6.07) is 10.9. The number of hydrogen-bond donors (Lipinski definition) is 1. The van der Waals surface area contributed by atoms with Crippen LogP contribution in [0.1, 0.15) is 37.6 Å². The van der Waals surface area contributed by atoms with E-state index in [1.54, 1.807) is 42.5 Å². The van der Waals surface area contributed by atoms with Gasteiger partial charge in [-0.05, 0) is 40.6 Å². The molecule has 6 nitrogen and oxygen atoms in total. The second-order valence-corrected chi connectivity index (χ2v) is 8.96. The van der Waals surface area contributed by atoms with Crippen LogP contribution in [0.15, 0.2) is 47.2 Å². The monoisotopic (exact) mass is 442 g/mol. The van der Waals surface area contributed by atoms with Crippen molar-refractivity contribution in [3.8, 4) is 11.5 Å². The summed E-state index contributed by atoms with van der Waals surface area (Å²) in [5, 5.41) is 6.99. The summed E-state index contributed by atoms with van der Waals surface area (Å²) < 4.78 is 10.8. The molecular formula is C22H22N2O4S2. The Hall–Kier alpha value is -2.84. The minimum Gasteiger partial charge on any atom is -0.493 e. The molecule has 2 amide bonds. The van der Waals surface area contributed by atoms with Crippen LogP contribution >= 0.6 is 22.7 Å². The van der Waals surface area contributed by atoms with Gasteiger partial charge in [-0.3, -0.25) is 9.59 Å². The highest BCUT2D eigenvalue weighted by Crippen LogP contribution is 2.46. The number of carbonyl (C=O) groups is 2. The maximum atomic E-state index is 13.5. The Morgan fingerprint density at radius 3 is 2.43 bits per heavy atom. The third-order valence-electron chi connectivity index (χ3n) is 5.31. The first-order chi connectivity index (χ1) is 14.5. The molecule has 0 saturated heterocycles. The summed E-state index contributed by atoms with van der Waals surface area (Å²) >= 11 is 3.13. The first-order valence-electron chi connectivity index (χ1n) is 9.41. The number of nitrogens with zero attached hydrogens (tertiary/aromatic N) is 1. The number of thiophene rings is 2. The number of carbonyl (C=O) groups excluding carboxylic acids is 2. The largest absolute Gasteiger partial charge is 0.493 e. The average molecular weight is 443 g/mol. The summed E-state index contributed by atoms with van der Waals surface area (Å²) in [4.78, 5) is 30.3. The Morgan fingerprint density at radius 2 is 1.80 bits per heavy atom. The molecule has 0 bridgehead atoms. The van der Waals surface area contributed by atoms with Crippen LogP contribution in [0.3, 0.4) is 0 Å². The molecule has 156 valence electrons. The van der Waals surface area contributed by atoms with Crippen molar-refractivity contribution in [2.45, 2.75) is 18.5 Å². The average Bonchev–Trinajstić information content (AvgIpc) is 3.47. The molecule has 0 unspecified atom stereocenters. The number of hydrogen-bond acceptors (Lipinski definition) is 6. The van der Waals surface area contributed by atoms with E-state index in [1.165, 1.54) is 18.4 Å². The lowest BCUT2D eigenvalue weighted by atomic mass is 9.81. The van der Waals surface area contributed by atoms with Crippen LogP contribution in [0.4, 0.5) is 0 Å². The van der Waals surface area contributed by atoms with Gasteiger partial charge in [0.2, 0.25) is 5.91 Å². The summed E-state index contributed by atoms with van der Waals surface area (Å²) in [5.41, 5.74) is 1.11. The van der Waals surface area contributed by atoms with E-state index >= 15 is 0 Å². The van der Waals surface area contributed by atoms with Gasteiger partial charge in [-0.25, -0.2) is 0 Å². The zero-order valence-electron chi connectivity index (χ0n) is 16.9. The second kappa shape index (κ2) is 8.49. The van der Waals surface area contributed by atoms with Crippen molar-refractivity contribution in [1.29, 1.82) is 0 Å². The Labute approximate surface area is 183 Å². The zero-order chi connectivity index (χ0) is 21.3. The van der Waals surface area contributed by atoms with Gasteiger partial charge in [-0.2, -0.15) is 0 Å². The summed E-state index contributed by atoms with van der Waals surface area (Å²) in [5.74, 6) is 0.113. The Morgan fingerprint density at radius 1 is 1.10 bits per heavy atom. The molecule has 30 heavy (non-hydrogen) atoms. The molecule has 0 fully saturated rings. The normalized spacial score (nSPS) is 18.1. The number of amides is 2. The fourth-order valence-corrected chi connectivity index (χ4v) is 5.39. The van der Waals surface area contributed by atoms with Crippen LogP contribution in [0, 0.1) is 0 Å². The topological polar surface area (TPSA) is 67.9 Å². The minimum absolute atomic E-state index is 0.130. The van der Waals surface area contributed by atoms with Crippen LogP contribution in [0.5, 0.6) is 11.5 Å². The van der Waals surface area contributed by atoms with Crippen LogP contribution < -0.4 is 14.8 Å². The maximum Gasteiger partial charge on any atom is 0.254 e. The van der Waals surface area contributed by atoms with E-state index in [-0.39, 0.29) is 11.8 Å². The number of nitrogens with one attached hydrogen (secondary N) is 1. The zero-order valence-corrected chi connectivity index (χ0v) is 18.5. The number of ether oxygens (including phenoxy) is 2. The van der Waals surface area contributed by atoms with Gasteiger partial charge in [-0.1, -0.05) is 12.1 Å². The van der Waals surface area contributed by atoms with E-state index in [0.29, 0.717) is 29.2 Å². The van der Waals surface area contributed by atoms with E-state index in [1.807, 2.05) is 35.0 Å². The third-order valence-corrected chi connectivity index (χ3v) is 7.13. The van der Waals surface area contributed by atoms with E-state index in [0.717, 1.165) is 9.75 Å². The van der Waals surface area contributed by atoms with Gasteiger partial charge in [0, 0.05) is 22.4 Å². The summed E-state index contributed by atoms with van der Waals surface area (Å²) in [7, 11) is 4.82. The lowest BCUT2D eigenvalue weighted by Crippen LogP contribution is -2.45. The van der Waals surface area contributed by atoms with E-state index < -0.39 is 12.0 Å². The lowest BCUT2D eigenvalue weighted by Gasteiger charge is -2.39. The molecule has 0 aliphatic carbocycles. The van der Waals surface area contributed by atoms with Crippen molar-refractivity contribution in [2.24, 2.45) is 0 Å². The Kier molecular flexibility index (Phi) is 5.78. The van der Waals surface area contributed by atoms with Crippen molar-refractivity contribution >= 4 is 34.5 Å². The third kappa shape index (κ3) is 3.57. The molecule has 0 saturated carbocycles. The van der Waals surface area contributed by atoms with Gasteiger partial charge < -0.3 is 19.7 Å². The lowest BCUT2D eigenvalue weighted by molar-refractivity contribution is -0.124. The van der Waals surface area contributed by atoms with Crippen LogP contribution in [-0.2, 0) is 11.3 Å². The highest BCUT2D eigenvalue weighted by atomic mass is 32.1. The molecule has 1 N–H and O–H groups in total. The first kappa shape index (κ1) is 20.4. The first-order valence-corrected chi connectivity index (χ1v) is 11.2. The highest BCUT2D eigenvalue weighted by Gasteiger charge is 2.44. The summed E-state index contributed by atoms with van der Waals surface area (Å²) in [6.45, 7) is 0.449. The molecule has 0 spiro atoms. The van der Waals surface area contributed by atoms with Gasteiger partial charge >= 0.3 is 0 Å². The van der Waals surface area contributed by atoms with Crippen molar-refractivity contribution in [2.75, 3.05) is 21.3 Å². The molecular weight excluding hydrogens is 420 g/mol.